The number of nitrogens with zero attached hydrogens (tertiary/aromatic N) is 2. The molecule has 2 aromatic rings. The summed E-state index contributed by atoms with van der Waals surface area (Å²) in [6.45, 7) is 13.3. The topological polar surface area (TPSA) is 73.9 Å². The third-order valence-electron chi connectivity index (χ3n) is 6.24. The number of ether oxygens (including phenoxy) is 1. The first-order chi connectivity index (χ1) is 15.8. The number of amides is 2. The molecule has 1 fully saturated rings. The average Bonchev–Trinajstić information content (AvgIpc) is 2.83. The predicted molar refractivity (Wildman–Crippen MR) is 133 cm³/mol. The van der Waals surface area contributed by atoms with Crippen molar-refractivity contribution in [1.29, 1.82) is 0 Å². The number of rotatable bonds is 8. The number of nitrogens with one attached hydrogen (secondary N) is 2. The Morgan fingerprint density at radius 1 is 1.03 bits per heavy atom. The molecule has 2 N–H and O–H groups in total. The van der Waals surface area contributed by atoms with E-state index in [-0.39, 0.29) is 17.7 Å². The minimum atomic E-state index is -0.652. The molecule has 1 unspecified atom stereocenters. The number of carbonyl (C=O) groups is 2. The molecule has 1 heterocycles. The van der Waals surface area contributed by atoms with Gasteiger partial charge in [0.25, 0.3) is 5.91 Å². The van der Waals surface area contributed by atoms with Crippen molar-refractivity contribution in [3.63, 3.8) is 0 Å². The van der Waals surface area contributed by atoms with Crippen molar-refractivity contribution in [2.45, 2.75) is 33.7 Å². The number of hydrogen-bond donors (Lipinski definition) is 2. The lowest BCUT2D eigenvalue weighted by atomic mass is 10.0. The highest BCUT2D eigenvalue weighted by molar-refractivity contribution is 6.01. The molecule has 0 spiro atoms. The van der Waals surface area contributed by atoms with Crippen LogP contribution in [-0.4, -0.2) is 62.6 Å². The molecule has 1 atom stereocenters. The molecule has 0 aliphatic carbocycles. The van der Waals surface area contributed by atoms with Gasteiger partial charge in [-0.05, 0) is 67.4 Å². The van der Waals surface area contributed by atoms with Crippen LogP contribution in [0.4, 0.5) is 11.4 Å². The average molecular weight is 453 g/mol. The summed E-state index contributed by atoms with van der Waals surface area (Å²) in [4.78, 5) is 30.6. The Labute approximate surface area is 197 Å². The van der Waals surface area contributed by atoms with E-state index >= 15 is 0 Å². The van der Waals surface area contributed by atoms with E-state index in [2.05, 4.69) is 39.5 Å². The van der Waals surface area contributed by atoms with E-state index in [0.717, 1.165) is 44.0 Å². The van der Waals surface area contributed by atoms with Crippen LogP contribution in [0.25, 0.3) is 0 Å². The first kappa shape index (κ1) is 24.6. The largest absolute Gasteiger partial charge is 0.497 e. The monoisotopic (exact) mass is 452 g/mol. The molecule has 1 aliphatic heterocycles. The van der Waals surface area contributed by atoms with Crippen molar-refractivity contribution < 1.29 is 14.3 Å². The van der Waals surface area contributed by atoms with Crippen molar-refractivity contribution >= 4 is 23.2 Å². The minimum Gasteiger partial charge on any atom is -0.497 e. The molecule has 1 saturated heterocycles. The number of likely N-dealkylation sites (N-methyl/N-ethyl adjacent to an activating group) is 1. The van der Waals surface area contributed by atoms with Crippen molar-refractivity contribution in [1.82, 2.24) is 10.2 Å². The van der Waals surface area contributed by atoms with Gasteiger partial charge in [0, 0.05) is 43.1 Å². The molecular weight excluding hydrogens is 416 g/mol. The molecule has 3 rings (SSSR count). The van der Waals surface area contributed by atoms with Gasteiger partial charge in [0.05, 0.1) is 7.11 Å². The molecule has 2 aromatic carbocycles. The van der Waals surface area contributed by atoms with Crippen molar-refractivity contribution in [2.75, 3.05) is 50.1 Å². The van der Waals surface area contributed by atoms with Gasteiger partial charge in [-0.15, -0.1) is 0 Å². The van der Waals surface area contributed by atoms with Gasteiger partial charge in [0.1, 0.15) is 11.8 Å². The first-order valence-electron chi connectivity index (χ1n) is 11.7. The van der Waals surface area contributed by atoms with Gasteiger partial charge in [-0.2, -0.15) is 0 Å². The van der Waals surface area contributed by atoms with Crippen LogP contribution < -0.4 is 20.3 Å². The fourth-order valence-electron chi connectivity index (χ4n) is 4.02. The summed E-state index contributed by atoms with van der Waals surface area (Å²) in [7, 11) is 1.58. The van der Waals surface area contributed by atoms with Crippen LogP contribution in [0.5, 0.6) is 5.75 Å². The predicted octanol–water partition coefficient (Wildman–Crippen LogP) is 3.54. The zero-order chi connectivity index (χ0) is 24.0. The maximum absolute atomic E-state index is 13.1. The third kappa shape index (κ3) is 6.26. The lowest BCUT2D eigenvalue weighted by molar-refractivity contribution is -0.118. The Kier molecular flexibility index (Phi) is 8.33. The van der Waals surface area contributed by atoms with Gasteiger partial charge in [0.2, 0.25) is 5.91 Å². The molecule has 0 radical (unpaired) electrons. The highest BCUT2D eigenvalue weighted by atomic mass is 16.5. The van der Waals surface area contributed by atoms with Crippen molar-refractivity contribution in [3.05, 3.63) is 53.6 Å². The molecule has 0 saturated carbocycles. The number of methoxy groups -OCH3 is 1. The zero-order valence-electron chi connectivity index (χ0n) is 20.4. The van der Waals surface area contributed by atoms with Crippen LogP contribution in [0.15, 0.2) is 42.5 Å². The Balaban J connectivity index is 1.65. The normalized spacial score (nSPS) is 15.3. The van der Waals surface area contributed by atoms with Crippen LogP contribution in [0.3, 0.4) is 0 Å². The van der Waals surface area contributed by atoms with Crippen LogP contribution in [-0.2, 0) is 4.79 Å². The van der Waals surface area contributed by atoms with Gasteiger partial charge >= 0.3 is 0 Å². The van der Waals surface area contributed by atoms with E-state index in [1.165, 1.54) is 5.69 Å². The summed E-state index contributed by atoms with van der Waals surface area (Å²) in [5.41, 5.74) is 3.43. The van der Waals surface area contributed by atoms with Crippen molar-refractivity contribution in [3.8, 4) is 5.75 Å². The lowest BCUT2D eigenvalue weighted by Crippen LogP contribution is -2.47. The second-order valence-corrected chi connectivity index (χ2v) is 8.83. The summed E-state index contributed by atoms with van der Waals surface area (Å²) in [6.07, 6.45) is 0. The summed E-state index contributed by atoms with van der Waals surface area (Å²) < 4.78 is 5.14. The molecule has 7 heteroatoms. The quantitative estimate of drug-likeness (QED) is 0.641. The number of benzene rings is 2. The highest BCUT2D eigenvalue weighted by Gasteiger charge is 2.25. The number of carbonyl (C=O) groups excluding carboxylic acids is 2. The Hall–Kier alpha value is -3.06. The molecule has 2 amide bonds. The second-order valence-electron chi connectivity index (χ2n) is 8.83. The second kappa shape index (κ2) is 11.2. The van der Waals surface area contributed by atoms with Gasteiger partial charge in [-0.25, -0.2) is 0 Å². The van der Waals surface area contributed by atoms with Crippen molar-refractivity contribution in [2.24, 2.45) is 5.92 Å². The van der Waals surface area contributed by atoms with Crippen LogP contribution in [0.2, 0.25) is 0 Å². The summed E-state index contributed by atoms with van der Waals surface area (Å²) in [6, 6.07) is 12.3. The Bertz CT molecular complexity index is 951. The minimum absolute atomic E-state index is 0.0679. The summed E-state index contributed by atoms with van der Waals surface area (Å²) >= 11 is 0. The Morgan fingerprint density at radius 3 is 2.24 bits per heavy atom. The van der Waals surface area contributed by atoms with E-state index in [9.17, 15) is 9.59 Å². The molecule has 7 nitrogen and oxygen atoms in total. The van der Waals surface area contributed by atoms with E-state index in [0.29, 0.717) is 11.3 Å². The molecule has 178 valence electrons. The molecule has 1 aliphatic rings. The summed E-state index contributed by atoms with van der Waals surface area (Å²) in [5.74, 6) is 0.0987. The zero-order valence-corrected chi connectivity index (χ0v) is 20.4. The number of aryl methyl sites for hydroxylation is 1. The third-order valence-corrected chi connectivity index (χ3v) is 6.24. The standard InChI is InChI=1S/C26H36N4O3/c1-6-29-13-15-30(16-14-29)21-9-12-23(19(4)17-21)27-26(32)24(18(2)3)28-25(31)20-7-10-22(33-5)11-8-20/h7-12,17-18,24H,6,13-16H2,1-5H3,(H,27,32)(H,28,31). The van der Waals surface area contributed by atoms with Crippen LogP contribution >= 0.6 is 0 Å². The maximum Gasteiger partial charge on any atom is 0.251 e. The Morgan fingerprint density at radius 2 is 1.70 bits per heavy atom. The first-order valence-corrected chi connectivity index (χ1v) is 11.7. The number of hydrogen-bond acceptors (Lipinski definition) is 5. The summed E-state index contributed by atoms with van der Waals surface area (Å²) in [5, 5.41) is 5.89. The highest BCUT2D eigenvalue weighted by Crippen LogP contribution is 2.24. The van der Waals surface area contributed by atoms with Gasteiger partial charge < -0.3 is 25.2 Å². The fourth-order valence-corrected chi connectivity index (χ4v) is 4.02. The van der Waals surface area contributed by atoms with E-state index < -0.39 is 6.04 Å². The van der Waals surface area contributed by atoms with E-state index in [1.54, 1.807) is 31.4 Å². The van der Waals surface area contributed by atoms with Gasteiger partial charge in [-0.1, -0.05) is 20.8 Å². The fraction of sp³-hybridized carbons (Fsp3) is 0.462. The van der Waals surface area contributed by atoms with Crippen LogP contribution in [0.1, 0.15) is 36.7 Å². The van der Waals surface area contributed by atoms with E-state index in [1.807, 2.05) is 26.8 Å². The maximum atomic E-state index is 13.1. The van der Waals surface area contributed by atoms with E-state index in [4.69, 9.17) is 4.74 Å². The molecule has 0 aromatic heterocycles. The smallest absolute Gasteiger partial charge is 0.251 e. The molecule has 0 bridgehead atoms. The van der Waals surface area contributed by atoms with Crippen LogP contribution in [0, 0.1) is 12.8 Å². The lowest BCUT2D eigenvalue weighted by Gasteiger charge is -2.35. The molecule has 33 heavy (non-hydrogen) atoms. The SMILES string of the molecule is CCN1CCN(c2ccc(NC(=O)C(NC(=O)c3ccc(OC)cc3)C(C)C)c(C)c2)CC1. The van der Waals surface area contributed by atoms with Gasteiger partial charge in [-0.3, -0.25) is 9.59 Å². The molecular formula is C26H36N4O3. The number of anilines is 2. The number of piperazine rings is 1. The van der Waals surface area contributed by atoms with Gasteiger partial charge in [0.15, 0.2) is 0 Å².